The summed E-state index contributed by atoms with van der Waals surface area (Å²) in [7, 11) is 0. The molecular weight excluding hydrogens is 338 g/mol. The van der Waals surface area contributed by atoms with E-state index in [2.05, 4.69) is 5.32 Å². The van der Waals surface area contributed by atoms with Gasteiger partial charge in [0.1, 0.15) is 0 Å². The van der Waals surface area contributed by atoms with Gasteiger partial charge in [-0.15, -0.1) is 11.3 Å². The van der Waals surface area contributed by atoms with Crippen LogP contribution in [-0.2, 0) is 16.0 Å². The van der Waals surface area contributed by atoms with E-state index in [1.807, 2.05) is 48.7 Å². The Labute approximate surface area is 151 Å². The number of benzene rings is 1. The van der Waals surface area contributed by atoms with Gasteiger partial charge in [-0.3, -0.25) is 9.59 Å². The van der Waals surface area contributed by atoms with Gasteiger partial charge in [-0.05, 0) is 30.0 Å². The van der Waals surface area contributed by atoms with Gasteiger partial charge < -0.3 is 5.32 Å². The summed E-state index contributed by atoms with van der Waals surface area (Å²) in [5, 5.41) is 4.69. The highest BCUT2D eigenvalue weighted by molar-refractivity contribution is 7.80. The Kier molecular flexibility index (Phi) is 7.03. The molecule has 0 aliphatic rings. The van der Waals surface area contributed by atoms with Crippen LogP contribution in [0.15, 0.2) is 47.9 Å². The zero-order chi connectivity index (χ0) is 17.4. The van der Waals surface area contributed by atoms with Crippen molar-refractivity contribution in [2.24, 2.45) is 0 Å². The van der Waals surface area contributed by atoms with Crippen LogP contribution in [0.2, 0.25) is 0 Å². The number of allylic oxidation sites excluding steroid dienone is 1. The molecule has 1 aromatic heterocycles. The van der Waals surface area contributed by atoms with Gasteiger partial charge in [-0.1, -0.05) is 54.2 Å². The van der Waals surface area contributed by atoms with E-state index in [4.69, 9.17) is 12.2 Å². The summed E-state index contributed by atoms with van der Waals surface area (Å²) in [6.45, 7) is 2.27. The molecule has 0 aliphatic carbocycles. The first-order valence-corrected chi connectivity index (χ1v) is 8.90. The van der Waals surface area contributed by atoms with E-state index >= 15 is 0 Å². The van der Waals surface area contributed by atoms with E-state index in [0.29, 0.717) is 11.3 Å². The van der Waals surface area contributed by atoms with Gasteiger partial charge in [0.2, 0.25) is 5.91 Å². The molecule has 0 aliphatic heterocycles. The highest BCUT2D eigenvalue weighted by atomic mass is 32.1. The van der Waals surface area contributed by atoms with Gasteiger partial charge in [0.05, 0.1) is 6.42 Å². The largest absolute Gasteiger partial charge is 0.351 e. The Morgan fingerprint density at radius 3 is 2.62 bits per heavy atom. The monoisotopic (exact) mass is 357 g/mol. The SMILES string of the molecule is Cc1ccc(/C=C/C(=O)CC(=S)CNC(=O)Cc2cccs2)cc1. The first kappa shape index (κ1) is 18.2. The molecule has 0 spiro atoms. The Morgan fingerprint density at radius 1 is 1.21 bits per heavy atom. The normalized spacial score (nSPS) is 10.7. The number of rotatable bonds is 8. The van der Waals surface area contributed by atoms with Crippen LogP contribution in [0.25, 0.3) is 6.08 Å². The van der Waals surface area contributed by atoms with Crippen LogP contribution in [0.5, 0.6) is 0 Å². The standard InChI is InChI=1S/C19H19NO2S2/c1-14-4-6-15(7-5-14)8-9-16(21)11-17(23)13-20-19(22)12-18-3-2-10-24-18/h2-10H,11-13H2,1H3,(H,20,22)/b9-8+. The quantitative estimate of drug-likeness (QED) is 0.578. The lowest BCUT2D eigenvalue weighted by molar-refractivity contribution is -0.120. The lowest BCUT2D eigenvalue weighted by atomic mass is 10.1. The fourth-order valence-corrected chi connectivity index (χ4v) is 2.93. The van der Waals surface area contributed by atoms with Crippen molar-refractivity contribution in [3.05, 3.63) is 63.9 Å². The van der Waals surface area contributed by atoms with Gasteiger partial charge in [-0.25, -0.2) is 0 Å². The molecule has 0 radical (unpaired) electrons. The molecule has 2 aromatic rings. The number of ketones is 1. The Hall–Kier alpha value is -2.11. The van der Waals surface area contributed by atoms with Crippen LogP contribution < -0.4 is 5.32 Å². The minimum atomic E-state index is -0.0811. The smallest absolute Gasteiger partial charge is 0.225 e. The summed E-state index contributed by atoms with van der Waals surface area (Å²) in [5.74, 6) is -0.143. The number of nitrogens with one attached hydrogen (secondary N) is 1. The number of carbonyl (C=O) groups is 2. The summed E-state index contributed by atoms with van der Waals surface area (Å²) in [6, 6.07) is 11.7. The molecule has 0 atom stereocenters. The summed E-state index contributed by atoms with van der Waals surface area (Å²) in [5.41, 5.74) is 2.15. The molecule has 5 heteroatoms. The second-order valence-electron chi connectivity index (χ2n) is 5.46. The Bertz CT molecular complexity index is 731. The number of carbonyl (C=O) groups excluding carboxylic acids is 2. The van der Waals surface area contributed by atoms with Crippen LogP contribution >= 0.6 is 23.6 Å². The lowest BCUT2D eigenvalue weighted by Crippen LogP contribution is -2.30. The van der Waals surface area contributed by atoms with E-state index in [-0.39, 0.29) is 24.7 Å². The van der Waals surface area contributed by atoms with Gasteiger partial charge >= 0.3 is 0 Å². The average molecular weight is 358 g/mol. The van der Waals surface area contributed by atoms with Crippen molar-refractivity contribution in [2.45, 2.75) is 19.8 Å². The second-order valence-corrected chi connectivity index (χ2v) is 7.07. The van der Waals surface area contributed by atoms with Gasteiger partial charge in [0.15, 0.2) is 5.78 Å². The molecule has 0 saturated carbocycles. The highest BCUT2D eigenvalue weighted by Gasteiger charge is 2.07. The van der Waals surface area contributed by atoms with Crippen LogP contribution in [0, 0.1) is 6.92 Å². The topological polar surface area (TPSA) is 46.2 Å². The predicted octanol–water partition coefficient (Wildman–Crippen LogP) is 3.76. The number of thiophene rings is 1. The molecule has 1 aromatic carbocycles. The average Bonchev–Trinajstić information content (AvgIpc) is 3.05. The van der Waals surface area contributed by atoms with Crippen molar-refractivity contribution < 1.29 is 9.59 Å². The molecule has 24 heavy (non-hydrogen) atoms. The van der Waals surface area contributed by atoms with Crippen molar-refractivity contribution in [3.63, 3.8) is 0 Å². The first-order chi connectivity index (χ1) is 11.5. The third-order valence-corrected chi connectivity index (χ3v) is 4.47. The summed E-state index contributed by atoms with van der Waals surface area (Å²) >= 11 is 6.72. The van der Waals surface area contributed by atoms with E-state index in [9.17, 15) is 9.59 Å². The minimum Gasteiger partial charge on any atom is -0.351 e. The summed E-state index contributed by atoms with van der Waals surface area (Å²) < 4.78 is 0. The van der Waals surface area contributed by atoms with Crippen molar-refractivity contribution in [1.82, 2.24) is 5.32 Å². The molecule has 1 N–H and O–H groups in total. The van der Waals surface area contributed by atoms with Crippen LogP contribution in [0.1, 0.15) is 22.4 Å². The zero-order valence-corrected chi connectivity index (χ0v) is 15.1. The van der Waals surface area contributed by atoms with Crippen LogP contribution in [0.3, 0.4) is 0 Å². The number of hydrogen-bond donors (Lipinski definition) is 1. The van der Waals surface area contributed by atoms with Crippen LogP contribution in [-0.4, -0.2) is 23.1 Å². The molecule has 0 saturated heterocycles. The van der Waals surface area contributed by atoms with Crippen LogP contribution in [0.4, 0.5) is 0 Å². The Balaban J connectivity index is 1.72. The van der Waals surface area contributed by atoms with E-state index in [1.165, 1.54) is 11.6 Å². The maximum absolute atomic E-state index is 11.9. The molecule has 0 unspecified atom stereocenters. The minimum absolute atomic E-state index is 0.0620. The molecule has 1 amide bonds. The van der Waals surface area contributed by atoms with E-state index in [1.54, 1.807) is 17.4 Å². The number of amides is 1. The third-order valence-electron chi connectivity index (χ3n) is 3.31. The highest BCUT2D eigenvalue weighted by Crippen LogP contribution is 2.09. The number of thiocarbonyl (C=S) groups is 1. The Morgan fingerprint density at radius 2 is 1.96 bits per heavy atom. The predicted molar refractivity (Wildman–Crippen MR) is 103 cm³/mol. The van der Waals surface area contributed by atoms with Gasteiger partial charge in [0, 0.05) is 22.7 Å². The number of aryl methyl sites for hydroxylation is 1. The lowest BCUT2D eigenvalue weighted by Gasteiger charge is -2.04. The molecule has 0 bridgehead atoms. The van der Waals surface area contributed by atoms with Crippen molar-refractivity contribution in [2.75, 3.05) is 6.54 Å². The van der Waals surface area contributed by atoms with Crippen molar-refractivity contribution in [1.29, 1.82) is 0 Å². The third kappa shape index (κ3) is 6.56. The maximum Gasteiger partial charge on any atom is 0.225 e. The number of hydrogen-bond acceptors (Lipinski definition) is 4. The first-order valence-electron chi connectivity index (χ1n) is 7.61. The summed E-state index contributed by atoms with van der Waals surface area (Å²) in [6.07, 6.45) is 3.82. The van der Waals surface area contributed by atoms with Gasteiger partial charge in [-0.2, -0.15) is 0 Å². The van der Waals surface area contributed by atoms with Crippen molar-refractivity contribution in [3.8, 4) is 0 Å². The maximum atomic E-state index is 11.9. The fraction of sp³-hybridized carbons (Fsp3) is 0.211. The molecule has 124 valence electrons. The molecule has 2 rings (SSSR count). The fourth-order valence-electron chi connectivity index (χ4n) is 2.01. The summed E-state index contributed by atoms with van der Waals surface area (Å²) in [4.78, 5) is 25.2. The van der Waals surface area contributed by atoms with E-state index < -0.39 is 0 Å². The molecular formula is C19H19NO2S2. The molecule has 0 fully saturated rings. The van der Waals surface area contributed by atoms with Gasteiger partial charge in [0.25, 0.3) is 0 Å². The second kappa shape index (κ2) is 9.25. The zero-order valence-electron chi connectivity index (χ0n) is 13.5. The molecule has 3 nitrogen and oxygen atoms in total. The van der Waals surface area contributed by atoms with E-state index in [0.717, 1.165) is 10.4 Å². The van der Waals surface area contributed by atoms with Crippen molar-refractivity contribution >= 4 is 46.2 Å². The molecule has 1 heterocycles.